The van der Waals surface area contributed by atoms with Crippen molar-refractivity contribution in [3.05, 3.63) is 35.4 Å². The Morgan fingerprint density at radius 1 is 1.42 bits per heavy atom. The number of nitrogens with two attached hydrogens (primary N) is 1. The normalized spacial score (nSPS) is 12.3. The minimum absolute atomic E-state index is 0.00536. The van der Waals surface area contributed by atoms with Crippen LogP contribution in [0.15, 0.2) is 23.4 Å². The lowest BCUT2D eigenvalue weighted by Gasteiger charge is -2.23. The molecule has 0 atom stereocenters. The van der Waals surface area contributed by atoms with Crippen LogP contribution >= 0.6 is 0 Å². The molecule has 5 nitrogen and oxygen atoms in total. The number of rotatable bonds is 4. The van der Waals surface area contributed by atoms with Gasteiger partial charge in [0.15, 0.2) is 11.6 Å². The fraction of sp³-hybridized carbons (Fsp3) is 0.333. The summed E-state index contributed by atoms with van der Waals surface area (Å²) in [5.41, 5.74) is 4.69. The molecular formula is C12H15F2N3O2. The second kappa shape index (κ2) is 5.64. The Kier molecular flexibility index (Phi) is 4.42. The van der Waals surface area contributed by atoms with Gasteiger partial charge in [-0.15, -0.1) is 0 Å². The van der Waals surface area contributed by atoms with E-state index >= 15 is 0 Å². The zero-order chi connectivity index (χ0) is 14.6. The van der Waals surface area contributed by atoms with E-state index in [1.807, 2.05) is 0 Å². The zero-order valence-corrected chi connectivity index (χ0v) is 10.6. The maximum Gasteiger partial charge on any atom is 0.251 e. The van der Waals surface area contributed by atoms with E-state index in [9.17, 15) is 13.6 Å². The average Bonchev–Trinajstić information content (AvgIpc) is 2.38. The minimum atomic E-state index is -1.09. The molecule has 1 aromatic rings. The Labute approximate surface area is 109 Å². The van der Waals surface area contributed by atoms with Gasteiger partial charge in [-0.25, -0.2) is 8.78 Å². The number of benzene rings is 1. The van der Waals surface area contributed by atoms with Crippen LogP contribution in [0.1, 0.15) is 24.2 Å². The molecule has 0 heterocycles. The van der Waals surface area contributed by atoms with Gasteiger partial charge in [0.1, 0.15) is 5.84 Å². The summed E-state index contributed by atoms with van der Waals surface area (Å²) >= 11 is 0. The summed E-state index contributed by atoms with van der Waals surface area (Å²) in [5.74, 6) is -2.73. The quantitative estimate of drug-likeness (QED) is 0.335. The molecule has 0 fully saturated rings. The van der Waals surface area contributed by atoms with E-state index in [4.69, 9.17) is 10.9 Å². The van der Waals surface area contributed by atoms with Gasteiger partial charge in [-0.1, -0.05) is 19.0 Å². The minimum Gasteiger partial charge on any atom is -0.409 e. The van der Waals surface area contributed by atoms with Crippen molar-refractivity contribution in [2.45, 2.75) is 13.8 Å². The standard InChI is InChI=1S/C12H15F2N3O2/c1-12(2,11(15)17-19)6-16-10(18)7-3-4-8(13)9(14)5-7/h3-5,19H,6H2,1-2H3,(H2,15,17)(H,16,18). The van der Waals surface area contributed by atoms with Crippen LogP contribution in [0.3, 0.4) is 0 Å². The molecule has 0 spiro atoms. The lowest BCUT2D eigenvalue weighted by molar-refractivity contribution is 0.0943. The molecule has 0 aliphatic carbocycles. The van der Waals surface area contributed by atoms with Gasteiger partial charge in [-0.05, 0) is 18.2 Å². The van der Waals surface area contributed by atoms with Gasteiger partial charge in [0.2, 0.25) is 0 Å². The molecule has 1 rings (SSSR count). The maximum atomic E-state index is 13.0. The monoisotopic (exact) mass is 271 g/mol. The first-order valence-corrected chi connectivity index (χ1v) is 5.49. The first-order chi connectivity index (χ1) is 8.77. The van der Waals surface area contributed by atoms with Crippen molar-refractivity contribution < 1.29 is 18.8 Å². The highest BCUT2D eigenvalue weighted by Gasteiger charge is 2.24. The molecule has 1 amide bonds. The average molecular weight is 271 g/mol. The molecule has 104 valence electrons. The number of hydrogen-bond acceptors (Lipinski definition) is 3. The number of amides is 1. The number of amidine groups is 1. The molecule has 19 heavy (non-hydrogen) atoms. The van der Waals surface area contributed by atoms with Crippen LogP contribution in [-0.4, -0.2) is 23.5 Å². The highest BCUT2D eigenvalue weighted by atomic mass is 19.2. The van der Waals surface area contributed by atoms with E-state index in [2.05, 4.69) is 10.5 Å². The molecule has 0 radical (unpaired) electrons. The topological polar surface area (TPSA) is 87.7 Å². The lowest BCUT2D eigenvalue weighted by Crippen LogP contribution is -2.42. The SMILES string of the molecule is CC(C)(CNC(=O)c1ccc(F)c(F)c1)/C(N)=N/O. The Bertz CT molecular complexity index is 516. The van der Waals surface area contributed by atoms with Crippen LogP contribution in [-0.2, 0) is 0 Å². The molecule has 0 saturated carbocycles. The van der Waals surface area contributed by atoms with Gasteiger partial charge in [0.05, 0.1) is 0 Å². The second-order valence-electron chi connectivity index (χ2n) is 4.68. The zero-order valence-electron chi connectivity index (χ0n) is 10.6. The molecule has 0 aromatic heterocycles. The predicted octanol–water partition coefficient (Wildman–Crippen LogP) is 1.47. The highest BCUT2D eigenvalue weighted by molar-refractivity contribution is 5.95. The van der Waals surface area contributed by atoms with Crippen molar-refractivity contribution in [3.8, 4) is 0 Å². The van der Waals surface area contributed by atoms with Crippen molar-refractivity contribution in [1.82, 2.24) is 5.32 Å². The lowest BCUT2D eigenvalue weighted by atomic mass is 9.92. The van der Waals surface area contributed by atoms with Crippen LogP contribution in [0.4, 0.5) is 8.78 Å². The molecule has 0 unspecified atom stereocenters. The highest BCUT2D eigenvalue weighted by Crippen LogP contribution is 2.14. The largest absolute Gasteiger partial charge is 0.409 e. The molecule has 7 heteroatoms. The first kappa shape index (κ1) is 14.9. The summed E-state index contributed by atoms with van der Waals surface area (Å²) in [7, 11) is 0. The van der Waals surface area contributed by atoms with Crippen molar-refractivity contribution in [2.75, 3.05) is 6.54 Å². The number of hydrogen-bond donors (Lipinski definition) is 3. The third kappa shape index (κ3) is 3.64. The van der Waals surface area contributed by atoms with Crippen LogP contribution in [0, 0.1) is 17.0 Å². The molecule has 0 bridgehead atoms. The van der Waals surface area contributed by atoms with Crippen molar-refractivity contribution in [2.24, 2.45) is 16.3 Å². The number of carbonyl (C=O) groups excluding carboxylic acids is 1. The molecular weight excluding hydrogens is 256 g/mol. The van der Waals surface area contributed by atoms with Crippen LogP contribution in [0.25, 0.3) is 0 Å². The summed E-state index contributed by atoms with van der Waals surface area (Å²) in [6, 6.07) is 2.85. The Morgan fingerprint density at radius 3 is 2.58 bits per heavy atom. The summed E-state index contributed by atoms with van der Waals surface area (Å²) in [6.07, 6.45) is 0. The Hall–Kier alpha value is -2.18. The van der Waals surface area contributed by atoms with Crippen LogP contribution < -0.4 is 11.1 Å². The molecule has 0 aliphatic heterocycles. The van der Waals surface area contributed by atoms with Gasteiger partial charge < -0.3 is 16.3 Å². The van der Waals surface area contributed by atoms with E-state index in [1.165, 1.54) is 6.07 Å². The fourth-order valence-corrected chi connectivity index (χ4v) is 1.27. The smallest absolute Gasteiger partial charge is 0.251 e. The van der Waals surface area contributed by atoms with Crippen molar-refractivity contribution >= 4 is 11.7 Å². The van der Waals surface area contributed by atoms with Gasteiger partial charge >= 0.3 is 0 Å². The van der Waals surface area contributed by atoms with Crippen molar-refractivity contribution in [3.63, 3.8) is 0 Å². The third-order valence-electron chi connectivity index (χ3n) is 2.67. The van der Waals surface area contributed by atoms with Gasteiger partial charge in [-0.2, -0.15) is 0 Å². The van der Waals surface area contributed by atoms with Gasteiger partial charge in [-0.3, -0.25) is 4.79 Å². The number of oxime groups is 1. The third-order valence-corrected chi connectivity index (χ3v) is 2.67. The van der Waals surface area contributed by atoms with E-state index in [1.54, 1.807) is 13.8 Å². The molecule has 0 aliphatic rings. The summed E-state index contributed by atoms with van der Waals surface area (Å²) in [6.45, 7) is 3.40. The van der Waals surface area contributed by atoms with Gasteiger partial charge in [0.25, 0.3) is 5.91 Å². The second-order valence-corrected chi connectivity index (χ2v) is 4.68. The Balaban J connectivity index is 2.73. The first-order valence-electron chi connectivity index (χ1n) is 5.49. The summed E-state index contributed by atoms with van der Waals surface area (Å²) in [4.78, 5) is 11.7. The number of nitrogens with zero attached hydrogens (tertiary/aromatic N) is 1. The van der Waals surface area contributed by atoms with Crippen LogP contribution in [0.5, 0.6) is 0 Å². The number of nitrogens with one attached hydrogen (secondary N) is 1. The van der Waals surface area contributed by atoms with Crippen LogP contribution in [0.2, 0.25) is 0 Å². The Morgan fingerprint density at radius 2 is 2.05 bits per heavy atom. The molecule has 4 N–H and O–H groups in total. The van der Waals surface area contributed by atoms with E-state index in [-0.39, 0.29) is 17.9 Å². The molecule has 1 aromatic carbocycles. The van der Waals surface area contributed by atoms with E-state index in [0.29, 0.717) is 0 Å². The summed E-state index contributed by atoms with van der Waals surface area (Å²) in [5, 5.41) is 13.9. The van der Waals surface area contributed by atoms with Gasteiger partial charge in [0, 0.05) is 17.5 Å². The predicted molar refractivity (Wildman–Crippen MR) is 65.9 cm³/mol. The molecule has 0 saturated heterocycles. The fourth-order valence-electron chi connectivity index (χ4n) is 1.27. The van der Waals surface area contributed by atoms with E-state index in [0.717, 1.165) is 12.1 Å². The van der Waals surface area contributed by atoms with E-state index < -0.39 is 23.0 Å². The number of carbonyl (C=O) groups is 1. The maximum absolute atomic E-state index is 13.0. The van der Waals surface area contributed by atoms with Crippen molar-refractivity contribution in [1.29, 1.82) is 0 Å². The summed E-state index contributed by atoms with van der Waals surface area (Å²) < 4.78 is 25.7. The number of halogens is 2.